The van der Waals surface area contributed by atoms with Crippen LogP contribution in [0.4, 0.5) is 11.4 Å². The normalized spacial score (nSPS) is 12.4. The van der Waals surface area contributed by atoms with Gasteiger partial charge in [0, 0.05) is 17.4 Å². The number of carboxylic acids is 1. The zero-order chi connectivity index (χ0) is 18.4. The molecule has 0 saturated carbocycles. The summed E-state index contributed by atoms with van der Waals surface area (Å²) in [6.07, 6.45) is 1.85. The highest BCUT2D eigenvalue weighted by atomic mass is 32.2. The van der Waals surface area contributed by atoms with E-state index in [0.717, 1.165) is 12.8 Å². The van der Waals surface area contributed by atoms with Crippen LogP contribution < -0.4 is 10.0 Å². The minimum Gasteiger partial charge on any atom is -0.478 e. The molecular weight excluding hydrogens is 340 g/mol. The van der Waals surface area contributed by atoms with Gasteiger partial charge in [0.25, 0.3) is 10.0 Å². The van der Waals surface area contributed by atoms with Crippen LogP contribution in [0.3, 0.4) is 0 Å². The lowest BCUT2D eigenvalue weighted by molar-refractivity contribution is 0.0697. The Morgan fingerprint density at radius 2 is 1.84 bits per heavy atom. The van der Waals surface area contributed by atoms with Crippen LogP contribution in [0.1, 0.15) is 37.0 Å². The van der Waals surface area contributed by atoms with E-state index in [9.17, 15) is 18.3 Å². The van der Waals surface area contributed by atoms with Crippen LogP contribution in [0.25, 0.3) is 0 Å². The average Bonchev–Trinajstić information content (AvgIpc) is 2.55. The van der Waals surface area contributed by atoms with Gasteiger partial charge in [-0.2, -0.15) is 0 Å². The molecule has 0 aromatic heterocycles. The molecule has 2 rings (SSSR count). The number of nitrogens with one attached hydrogen (secondary N) is 2. The molecule has 0 fully saturated rings. The maximum atomic E-state index is 12.5. The maximum Gasteiger partial charge on any atom is 0.337 e. The monoisotopic (exact) mass is 362 g/mol. The van der Waals surface area contributed by atoms with Gasteiger partial charge < -0.3 is 10.4 Å². The Morgan fingerprint density at radius 1 is 1.16 bits per heavy atom. The van der Waals surface area contributed by atoms with Crippen LogP contribution in [-0.4, -0.2) is 25.5 Å². The van der Waals surface area contributed by atoms with E-state index < -0.39 is 16.0 Å². The smallest absolute Gasteiger partial charge is 0.337 e. The Labute approximate surface area is 147 Å². The Morgan fingerprint density at radius 3 is 2.44 bits per heavy atom. The number of rotatable bonds is 8. The van der Waals surface area contributed by atoms with Gasteiger partial charge in [-0.25, -0.2) is 13.2 Å². The fraction of sp³-hybridized carbons (Fsp3) is 0.278. The number of benzene rings is 2. The van der Waals surface area contributed by atoms with Crippen molar-refractivity contribution in [2.75, 3.05) is 10.0 Å². The average molecular weight is 362 g/mol. The van der Waals surface area contributed by atoms with Crippen LogP contribution >= 0.6 is 0 Å². The van der Waals surface area contributed by atoms with Gasteiger partial charge >= 0.3 is 5.97 Å². The first-order valence-electron chi connectivity index (χ1n) is 8.05. The van der Waals surface area contributed by atoms with E-state index in [1.165, 1.54) is 18.2 Å². The van der Waals surface area contributed by atoms with Crippen LogP contribution in [-0.2, 0) is 10.0 Å². The lowest BCUT2D eigenvalue weighted by atomic mass is 10.1. The van der Waals surface area contributed by atoms with Crippen LogP contribution in [0.5, 0.6) is 0 Å². The predicted octanol–water partition coefficient (Wildman–Crippen LogP) is 3.79. The van der Waals surface area contributed by atoms with E-state index in [1.54, 1.807) is 30.3 Å². The maximum absolute atomic E-state index is 12.5. The highest BCUT2D eigenvalue weighted by molar-refractivity contribution is 7.92. The van der Waals surface area contributed by atoms with Crippen molar-refractivity contribution in [2.45, 2.75) is 37.6 Å². The Balaban J connectivity index is 2.33. The molecule has 134 valence electrons. The zero-order valence-corrected chi connectivity index (χ0v) is 15.0. The van der Waals surface area contributed by atoms with Gasteiger partial charge in [-0.15, -0.1) is 0 Å². The number of para-hydroxylation sites is 1. The minimum absolute atomic E-state index is 0.0705. The van der Waals surface area contributed by atoms with Crippen molar-refractivity contribution in [2.24, 2.45) is 0 Å². The van der Waals surface area contributed by atoms with E-state index >= 15 is 0 Å². The van der Waals surface area contributed by atoms with Crippen molar-refractivity contribution < 1.29 is 18.3 Å². The summed E-state index contributed by atoms with van der Waals surface area (Å²) >= 11 is 0. The highest BCUT2D eigenvalue weighted by Crippen LogP contribution is 2.24. The van der Waals surface area contributed by atoms with Gasteiger partial charge in [0.05, 0.1) is 10.5 Å². The summed E-state index contributed by atoms with van der Waals surface area (Å²) in [7, 11) is -3.87. The van der Waals surface area contributed by atoms with E-state index in [4.69, 9.17) is 0 Å². The fourth-order valence-corrected chi connectivity index (χ4v) is 3.57. The standard InChI is InChI=1S/C18H22N2O4S/c1-3-7-13(2)19-17-11-10-15(12-16(17)18(21)22)25(23,24)20-14-8-5-4-6-9-14/h4-6,8-13,19-20H,3,7H2,1-2H3,(H,21,22)/t13-/m1/s1. The second kappa shape index (κ2) is 8.02. The molecule has 0 amide bonds. The quantitative estimate of drug-likeness (QED) is 0.664. The number of carboxylic acid groups (broad SMARTS) is 1. The summed E-state index contributed by atoms with van der Waals surface area (Å²) in [6.45, 7) is 4.00. The first-order chi connectivity index (χ1) is 11.8. The molecule has 2 aromatic rings. The lowest BCUT2D eigenvalue weighted by Gasteiger charge is -2.17. The summed E-state index contributed by atoms with van der Waals surface area (Å²) in [5.41, 5.74) is 0.754. The first kappa shape index (κ1) is 18.8. The van der Waals surface area contributed by atoms with Crippen LogP contribution in [0.15, 0.2) is 53.4 Å². The number of sulfonamides is 1. The molecule has 0 saturated heterocycles. The zero-order valence-electron chi connectivity index (χ0n) is 14.2. The number of hydrogen-bond donors (Lipinski definition) is 3. The molecule has 0 aliphatic heterocycles. The van der Waals surface area contributed by atoms with E-state index in [1.807, 2.05) is 13.8 Å². The molecule has 2 aromatic carbocycles. The Bertz CT molecular complexity index is 835. The number of aromatic carboxylic acids is 1. The molecule has 0 bridgehead atoms. The largest absolute Gasteiger partial charge is 0.478 e. The molecule has 25 heavy (non-hydrogen) atoms. The van der Waals surface area contributed by atoms with Gasteiger partial charge in [-0.3, -0.25) is 4.72 Å². The number of anilines is 2. The third-order valence-corrected chi connectivity index (χ3v) is 5.06. The fourth-order valence-electron chi connectivity index (χ4n) is 2.48. The summed E-state index contributed by atoms with van der Waals surface area (Å²) in [5.74, 6) is -1.18. The second-order valence-electron chi connectivity index (χ2n) is 5.82. The van der Waals surface area contributed by atoms with E-state index in [2.05, 4.69) is 10.0 Å². The molecule has 1 atom stereocenters. The molecule has 0 spiro atoms. The Hall–Kier alpha value is -2.54. The summed E-state index contributed by atoms with van der Waals surface area (Å²) < 4.78 is 27.4. The third-order valence-electron chi connectivity index (χ3n) is 3.68. The lowest BCUT2D eigenvalue weighted by Crippen LogP contribution is -2.18. The SMILES string of the molecule is CCC[C@@H](C)Nc1ccc(S(=O)(=O)Nc2ccccc2)cc1C(=O)O. The Kier molecular flexibility index (Phi) is 6.03. The summed E-state index contributed by atoms with van der Waals surface area (Å²) in [4.78, 5) is 11.4. The van der Waals surface area contributed by atoms with Crippen molar-refractivity contribution >= 4 is 27.4 Å². The van der Waals surface area contributed by atoms with Gasteiger partial charge in [0.2, 0.25) is 0 Å². The minimum atomic E-state index is -3.87. The molecular formula is C18H22N2O4S. The molecule has 0 aliphatic rings. The van der Waals surface area contributed by atoms with Crippen LogP contribution in [0.2, 0.25) is 0 Å². The van der Waals surface area contributed by atoms with E-state index in [0.29, 0.717) is 11.4 Å². The topological polar surface area (TPSA) is 95.5 Å². The van der Waals surface area contributed by atoms with Crippen molar-refractivity contribution in [3.63, 3.8) is 0 Å². The number of carbonyl (C=O) groups is 1. The van der Waals surface area contributed by atoms with Crippen molar-refractivity contribution in [3.8, 4) is 0 Å². The predicted molar refractivity (Wildman–Crippen MR) is 98.6 cm³/mol. The van der Waals surface area contributed by atoms with Gasteiger partial charge in [-0.1, -0.05) is 31.5 Å². The number of hydrogen-bond acceptors (Lipinski definition) is 4. The summed E-state index contributed by atoms with van der Waals surface area (Å²) in [6, 6.07) is 12.6. The van der Waals surface area contributed by atoms with Crippen molar-refractivity contribution in [1.29, 1.82) is 0 Å². The molecule has 0 unspecified atom stereocenters. The van der Waals surface area contributed by atoms with Crippen molar-refractivity contribution in [1.82, 2.24) is 0 Å². The molecule has 6 nitrogen and oxygen atoms in total. The molecule has 0 aliphatic carbocycles. The molecule has 7 heteroatoms. The second-order valence-corrected chi connectivity index (χ2v) is 7.50. The first-order valence-corrected chi connectivity index (χ1v) is 9.53. The highest BCUT2D eigenvalue weighted by Gasteiger charge is 2.19. The van der Waals surface area contributed by atoms with Gasteiger partial charge in [-0.05, 0) is 43.7 Å². The van der Waals surface area contributed by atoms with Crippen molar-refractivity contribution in [3.05, 3.63) is 54.1 Å². The molecule has 0 heterocycles. The van der Waals surface area contributed by atoms with Crippen LogP contribution in [0, 0.1) is 0 Å². The molecule has 3 N–H and O–H groups in total. The van der Waals surface area contributed by atoms with Gasteiger partial charge in [0.15, 0.2) is 0 Å². The summed E-state index contributed by atoms with van der Waals surface area (Å²) in [5, 5.41) is 12.6. The third kappa shape index (κ3) is 4.96. The van der Waals surface area contributed by atoms with E-state index in [-0.39, 0.29) is 16.5 Å². The molecule has 0 radical (unpaired) electrons. The van der Waals surface area contributed by atoms with Gasteiger partial charge in [0.1, 0.15) is 0 Å².